The van der Waals surface area contributed by atoms with Gasteiger partial charge in [0.25, 0.3) is 5.78 Å². The third-order valence-electron chi connectivity index (χ3n) is 3.96. The molecule has 3 heterocycles. The van der Waals surface area contributed by atoms with E-state index in [4.69, 9.17) is 16.3 Å². The predicted octanol–water partition coefficient (Wildman–Crippen LogP) is 2.74. The number of nitrogens with zero attached hydrogens (tertiary/aromatic N) is 5. The van der Waals surface area contributed by atoms with E-state index in [1.807, 2.05) is 37.3 Å². The summed E-state index contributed by atoms with van der Waals surface area (Å²) in [6.07, 6.45) is 2.56. The van der Waals surface area contributed by atoms with Crippen LogP contribution in [-0.4, -0.2) is 38.8 Å². The summed E-state index contributed by atoms with van der Waals surface area (Å²) in [6.45, 7) is 3.64. The van der Waals surface area contributed by atoms with Gasteiger partial charge >= 0.3 is 0 Å². The van der Waals surface area contributed by atoms with Crippen molar-refractivity contribution in [1.29, 1.82) is 0 Å². The molecule has 0 amide bonds. The molecule has 0 N–H and O–H groups in total. The van der Waals surface area contributed by atoms with Crippen LogP contribution in [0.2, 0.25) is 5.02 Å². The maximum Gasteiger partial charge on any atom is 0.254 e. The minimum atomic E-state index is 0.0990. The minimum absolute atomic E-state index is 0.0990. The highest BCUT2D eigenvalue weighted by atomic mass is 35.5. The summed E-state index contributed by atoms with van der Waals surface area (Å²) in [6, 6.07) is 9.60. The van der Waals surface area contributed by atoms with Gasteiger partial charge in [-0.25, -0.2) is 4.98 Å². The van der Waals surface area contributed by atoms with Crippen LogP contribution in [0.5, 0.6) is 5.75 Å². The highest BCUT2D eigenvalue weighted by molar-refractivity contribution is 6.32. The van der Waals surface area contributed by atoms with Gasteiger partial charge in [0.1, 0.15) is 24.0 Å². The number of aryl methyl sites for hydroxylation is 1. The first kappa shape index (κ1) is 14.3. The first-order valence-electron chi connectivity index (χ1n) is 7.54. The van der Waals surface area contributed by atoms with E-state index >= 15 is 0 Å². The largest absolute Gasteiger partial charge is 0.487 e. The summed E-state index contributed by atoms with van der Waals surface area (Å²) in [7, 11) is 0. The topological polar surface area (TPSA) is 55.6 Å². The van der Waals surface area contributed by atoms with Crippen molar-refractivity contribution in [2.75, 3.05) is 18.0 Å². The smallest absolute Gasteiger partial charge is 0.254 e. The average molecular weight is 330 g/mol. The van der Waals surface area contributed by atoms with E-state index in [0.29, 0.717) is 10.8 Å². The Morgan fingerprint density at radius 3 is 3.04 bits per heavy atom. The Kier molecular flexibility index (Phi) is 3.53. The number of anilines is 1. The normalized spacial score (nSPS) is 17.8. The van der Waals surface area contributed by atoms with Gasteiger partial charge in [0.15, 0.2) is 0 Å². The highest BCUT2D eigenvalue weighted by Crippen LogP contribution is 2.28. The number of halogens is 1. The number of benzene rings is 1. The molecule has 0 aliphatic carbocycles. The number of fused-ring (bicyclic) bond motifs is 1. The van der Waals surface area contributed by atoms with Crippen molar-refractivity contribution in [1.82, 2.24) is 19.6 Å². The van der Waals surface area contributed by atoms with Crippen molar-refractivity contribution in [3.05, 3.63) is 47.4 Å². The van der Waals surface area contributed by atoms with Crippen molar-refractivity contribution >= 4 is 23.2 Å². The Hall–Kier alpha value is -2.34. The Morgan fingerprint density at radius 1 is 1.30 bits per heavy atom. The second-order valence-corrected chi connectivity index (χ2v) is 6.04. The van der Waals surface area contributed by atoms with Gasteiger partial charge in [-0.15, -0.1) is 0 Å². The van der Waals surface area contributed by atoms with Gasteiger partial charge in [0.05, 0.1) is 11.6 Å². The quantitative estimate of drug-likeness (QED) is 0.739. The summed E-state index contributed by atoms with van der Waals surface area (Å²) < 4.78 is 7.82. The lowest BCUT2D eigenvalue weighted by atomic mass is 10.3. The number of para-hydroxylation sites is 1. The van der Waals surface area contributed by atoms with E-state index < -0.39 is 0 Å². The zero-order valence-corrected chi connectivity index (χ0v) is 13.4. The molecular formula is C16H16ClN5O. The molecule has 0 spiro atoms. The molecule has 1 saturated heterocycles. The van der Waals surface area contributed by atoms with Crippen molar-refractivity contribution in [3.8, 4) is 5.75 Å². The molecule has 1 aliphatic rings. The zero-order chi connectivity index (χ0) is 15.8. The molecule has 7 heteroatoms. The van der Waals surface area contributed by atoms with E-state index in [0.717, 1.165) is 36.8 Å². The standard InChI is InChI=1S/C16H16ClN5O/c1-11-8-15(22-16(20-11)18-10-19-22)21-7-6-12(9-21)23-14-5-3-2-4-13(14)17/h2-5,8,10,12H,6-7,9H2,1H3. The molecule has 0 bridgehead atoms. The van der Waals surface area contributed by atoms with Gasteiger partial charge in [-0.1, -0.05) is 23.7 Å². The number of ether oxygens (including phenoxy) is 1. The van der Waals surface area contributed by atoms with Gasteiger partial charge in [0.2, 0.25) is 0 Å². The van der Waals surface area contributed by atoms with Gasteiger partial charge in [0, 0.05) is 24.7 Å². The van der Waals surface area contributed by atoms with Gasteiger partial charge in [-0.05, 0) is 19.1 Å². The highest BCUT2D eigenvalue weighted by Gasteiger charge is 2.27. The molecule has 1 fully saturated rings. The van der Waals surface area contributed by atoms with E-state index in [1.54, 1.807) is 4.52 Å². The summed E-state index contributed by atoms with van der Waals surface area (Å²) in [5.41, 5.74) is 0.927. The molecule has 0 saturated carbocycles. The third kappa shape index (κ3) is 2.70. The fourth-order valence-electron chi connectivity index (χ4n) is 2.89. The van der Waals surface area contributed by atoms with Crippen LogP contribution < -0.4 is 9.64 Å². The molecule has 6 nitrogen and oxygen atoms in total. The monoisotopic (exact) mass is 329 g/mol. The molecule has 0 radical (unpaired) electrons. The molecule has 1 aromatic carbocycles. The molecule has 1 atom stereocenters. The maximum atomic E-state index is 6.17. The average Bonchev–Trinajstić information content (AvgIpc) is 3.17. The van der Waals surface area contributed by atoms with Crippen LogP contribution in [0.15, 0.2) is 36.7 Å². The van der Waals surface area contributed by atoms with Crippen LogP contribution in [0.1, 0.15) is 12.1 Å². The van der Waals surface area contributed by atoms with Crippen LogP contribution in [0.3, 0.4) is 0 Å². The molecular weight excluding hydrogens is 314 g/mol. The Labute approximate surface area is 138 Å². The lowest BCUT2D eigenvalue weighted by molar-refractivity contribution is 0.225. The zero-order valence-electron chi connectivity index (χ0n) is 12.7. The van der Waals surface area contributed by atoms with Crippen LogP contribution in [-0.2, 0) is 0 Å². The van der Waals surface area contributed by atoms with Gasteiger partial charge in [-0.2, -0.15) is 14.6 Å². The van der Waals surface area contributed by atoms with Gasteiger partial charge in [-0.3, -0.25) is 0 Å². The van der Waals surface area contributed by atoms with E-state index in [1.165, 1.54) is 6.33 Å². The Morgan fingerprint density at radius 2 is 2.17 bits per heavy atom. The van der Waals surface area contributed by atoms with E-state index in [-0.39, 0.29) is 6.10 Å². The number of hydrogen-bond donors (Lipinski definition) is 0. The minimum Gasteiger partial charge on any atom is -0.487 e. The first-order chi connectivity index (χ1) is 11.2. The Balaban J connectivity index is 1.56. The first-order valence-corrected chi connectivity index (χ1v) is 7.92. The fourth-order valence-corrected chi connectivity index (χ4v) is 3.07. The van der Waals surface area contributed by atoms with E-state index in [2.05, 4.69) is 20.0 Å². The fraction of sp³-hybridized carbons (Fsp3) is 0.312. The summed E-state index contributed by atoms with van der Waals surface area (Å²) in [4.78, 5) is 10.8. The number of rotatable bonds is 3. The molecule has 1 aliphatic heterocycles. The molecule has 1 unspecified atom stereocenters. The molecule has 2 aromatic heterocycles. The SMILES string of the molecule is Cc1cc(N2CCC(Oc3ccccc3Cl)C2)n2ncnc2n1. The van der Waals surface area contributed by atoms with Crippen LogP contribution in [0.4, 0.5) is 5.82 Å². The summed E-state index contributed by atoms with van der Waals surface area (Å²) in [5, 5.41) is 4.91. The number of aromatic nitrogens is 4. The van der Waals surface area contributed by atoms with Crippen LogP contribution in [0.25, 0.3) is 5.78 Å². The molecule has 118 valence electrons. The predicted molar refractivity (Wildman–Crippen MR) is 88.2 cm³/mol. The number of hydrogen-bond acceptors (Lipinski definition) is 5. The summed E-state index contributed by atoms with van der Waals surface area (Å²) >= 11 is 6.17. The second kappa shape index (κ2) is 5.70. The van der Waals surface area contributed by atoms with Crippen LogP contribution >= 0.6 is 11.6 Å². The van der Waals surface area contributed by atoms with Crippen molar-refractivity contribution in [3.63, 3.8) is 0 Å². The molecule has 3 aromatic rings. The Bertz CT molecular complexity index is 849. The third-order valence-corrected chi connectivity index (χ3v) is 4.27. The second-order valence-electron chi connectivity index (χ2n) is 5.63. The van der Waals surface area contributed by atoms with Crippen LogP contribution in [0, 0.1) is 6.92 Å². The maximum absolute atomic E-state index is 6.17. The van der Waals surface area contributed by atoms with Crippen molar-refractivity contribution < 1.29 is 4.74 Å². The molecule has 4 rings (SSSR count). The lowest BCUT2D eigenvalue weighted by Crippen LogP contribution is -2.26. The van der Waals surface area contributed by atoms with Crippen molar-refractivity contribution in [2.24, 2.45) is 0 Å². The summed E-state index contributed by atoms with van der Waals surface area (Å²) in [5.74, 6) is 2.35. The molecule has 23 heavy (non-hydrogen) atoms. The van der Waals surface area contributed by atoms with Crippen molar-refractivity contribution in [2.45, 2.75) is 19.4 Å². The van der Waals surface area contributed by atoms with E-state index in [9.17, 15) is 0 Å². The lowest BCUT2D eigenvalue weighted by Gasteiger charge is -2.20. The van der Waals surface area contributed by atoms with Gasteiger partial charge < -0.3 is 9.64 Å².